The third-order valence-corrected chi connectivity index (χ3v) is 5.59. The van der Waals surface area contributed by atoms with Gasteiger partial charge in [-0.05, 0) is 26.0 Å². The first-order valence-electron chi connectivity index (χ1n) is 8.43. The predicted molar refractivity (Wildman–Crippen MR) is 109 cm³/mol. The van der Waals surface area contributed by atoms with Crippen LogP contribution in [0.25, 0.3) is 0 Å². The van der Waals surface area contributed by atoms with Gasteiger partial charge in [0.2, 0.25) is 0 Å². The molecule has 0 saturated heterocycles. The largest absolute Gasteiger partial charge is 0.463 e. The molecule has 1 aliphatic rings. The highest BCUT2D eigenvalue weighted by Crippen LogP contribution is 2.22. The summed E-state index contributed by atoms with van der Waals surface area (Å²) in [6, 6.07) is 12.9. The summed E-state index contributed by atoms with van der Waals surface area (Å²) in [5, 5.41) is 0. The first-order chi connectivity index (χ1) is 12.7. The molecule has 0 spiro atoms. The van der Waals surface area contributed by atoms with Crippen LogP contribution < -0.4 is 10.5 Å². The molecule has 1 aromatic carbocycles. The van der Waals surface area contributed by atoms with E-state index in [0.717, 1.165) is 17.3 Å². The molecule has 0 amide bonds. The van der Waals surface area contributed by atoms with Crippen LogP contribution in [-0.4, -0.2) is 32.3 Å². The van der Waals surface area contributed by atoms with Crippen molar-refractivity contribution in [3.05, 3.63) is 59.5 Å². The van der Waals surface area contributed by atoms with Gasteiger partial charge in [-0.2, -0.15) is 20.2 Å². The molecule has 2 aromatic rings. The second-order valence-corrected chi connectivity index (χ2v) is 9.10. The van der Waals surface area contributed by atoms with Crippen LogP contribution >= 0.6 is 11.8 Å². The van der Waals surface area contributed by atoms with Gasteiger partial charge in [-0.1, -0.05) is 30.3 Å². The third-order valence-electron chi connectivity index (χ3n) is 3.76. The maximum absolute atomic E-state index is 11.8. The zero-order valence-corrected chi connectivity index (χ0v) is 16.8. The smallest absolute Gasteiger partial charge is 0.344 e. The van der Waals surface area contributed by atoms with Gasteiger partial charge in [-0.3, -0.25) is 4.99 Å². The van der Waals surface area contributed by atoms with Crippen LogP contribution in [0.1, 0.15) is 30.9 Å². The minimum atomic E-state index is -3.72. The van der Waals surface area contributed by atoms with E-state index in [-0.39, 0.29) is 5.84 Å². The highest BCUT2D eigenvalue weighted by atomic mass is 32.2. The highest BCUT2D eigenvalue weighted by Gasteiger charge is 2.26. The second-order valence-electron chi connectivity index (χ2n) is 6.65. The fourth-order valence-electron chi connectivity index (χ4n) is 2.45. The zero-order valence-electron chi connectivity index (χ0n) is 15.2. The Bertz CT molecular complexity index is 958. The molecule has 0 fully saturated rings. The van der Waals surface area contributed by atoms with Crippen molar-refractivity contribution in [2.24, 2.45) is 15.1 Å². The third kappa shape index (κ3) is 5.21. The molecule has 27 heavy (non-hydrogen) atoms. The van der Waals surface area contributed by atoms with E-state index in [1.54, 1.807) is 23.9 Å². The summed E-state index contributed by atoms with van der Waals surface area (Å²) >= 11 is 1.65. The van der Waals surface area contributed by atoms with E-state index in [2.05, 4.69) is 14.1 Å². The van der Waals surface area contributed by atoms with E-state index in [4.69, 9.17) is 10.2 Å². The van der Waals surface area contributed by atoms with E-state index >= 15 is 0 Å². The Labute approximate surface area is 163 Å². The number of nitrogens with zero attached hydrogens (tertiary/aromatic N) is 2. The lowest BCUT2D eigenvalue weighted by atomic mass is 10.0. The molecule has 1 aliphatic heterocycles. The molecule has 0 atom stereocenters. The normalized spacial score (nSPS) is 17.7. The maximum atomic E-state index is 11.8. The summed E-state index contributed by atoms with van der Waals surface area (Å²) < 4.78 is 35.4. The van der Waals surface area contributed by atoms with Crippen LogP contribution in [-0.2, 0) is 21.5 Å². The van der Waals surface area contributed by atoms with E-state index in [1.807, 2.05) is 44.2 Å². The number of benzene rings is 1. The minimum absolute atomic E-state index is 0.284. The van der Waals surface area contributed by atoms with Crippen LogP contribution in [0.3, 0.4) is 0 Å². The van der Waals surface area contributed by atoms with E-state index < -0.39 is 15.7 Å². The van der Waals surface area contributed by atoms with E-state index in [9.17, 15) is 8.42 Å². The Morgan fingerprint density at radius 2 is 1.96 bits per heavy atom. The SMILES string of the molecule is CC(C)(N)c1ccc(CSCCN=C2NS(=O)(=O)N=C2c2ccccc2)o1. The molecule has 9 heteroatoms. The molecule has 0 saturated carbocycles. The zero-order chi connectivity index (χ0) is 19.5. The summed E-state index contributed by atoms with van der Waals surface area (Å²) in [5.41, 5.74) is 6.58. The molecule has 3 N–H and O–H groups in total. The first kappa shape index (κ1) is 19.7. The van der Waals surface area contributed by atoms with Crippen LogP contribution in [0.15, 0.2) is 56.3 Å². The van der Waals surface area contributed by atoms with Gasteiger partial charge in [0.15, 0.2) is 5.84 Å². The van der Waals surface area contributed by atoms with Gasteiger partial charge in [0.1, 0.15) is 17.2 Å². The van der Waals surface area contributed by atoms with Crippen LogP contribution in [0.5, 0.6) is 0 Å². The molecule has 0 radical (unpaired) electrons. The van der Waals surface area contributed by atoms with Gasteiger partial charge in [-0.15, -0.1) is 4.40 Å². The fourth-order valence-corrected chi connectivity index (χ4v) is 4.05. The molecule has 144 valence electrons. The molecule has 0 aliphatic carbocycles. The second kappa shape index (κ2) is 7.87. The molecule has 7 nitrogen and oxygen atoms in total. The molecule has 0 unspecified atom stereocenters. The van der Waals surface area contributed by atoms with Crippen molar-refractivity contribution in [3.63, 3.8) is 0 Å². The lowest BCUT2D eigenvalue weighted by molar-refractivity contribution is 0.381. The maximum Gasteiger partial charge on any atom is 0.344 e. The Balaban J connectivity index is 1.56. The lowest BCUT2D eigenvalue weighted by Gasteiger charge is -2.14. The number of rotatable bonds is 7. The van der Waals surface area contributed by atoms with Crippen molar-refractivity contribution in [1.82, 2.24) is 4.72 Å². The standard InChI is InChI=1S/C18H22N4O3S2/c1-18(2,19)15-9-8-14(25-15)12-26-11-10-20-17-16(21-27(23,24)22-17)13-6-4-3-5-7-13/h3-9H,10-12,19H2,1-2H3,(H,20,22). The molecular weight excluding hydrogens is 384 g/mol. The van der Waals surface area contributed by atoms with Crippen LogP contribution in [0.4, 0.5) is 0 Å². The van der Waals surface area contributed by atoms with E-state index in [1.165, 1.54) is 0 Å². The molecule has 3 rings (SSSR count). The Morgan fingerprint density at radius 3 is 2.63 bits per heavy atom. The summed E-state index contributed by atoms with van der Waals surface area (Å²) in [5.74, 6) is 3.31. The number of hydrogen-bond acceptors (Lipinski definition) is 6. The van der Waals surface area contributed by atoms with Gasteiger partial charge in [0, 0.05) is 11.3 Å². The van der Waals surface area contributed by atoms with Crippen molar-refractivity contribution in [2.75, 3.05) is 12.3 Å². The Hall–Kier alpha value is -2.10. The molecule has 1 aromatic heterocycles. The van der Waals surface area contributed by atoms with E-state index in [0.29, 0.717) is 23.6 Å². The van der Waals surface area contributed by atoms with Gasteiger partial charge >= 0.3 is 10.2 Å². The number of hydrogen-bond donors (Lipinski definition) is 2. The number of furan rings is 1. The number of amidine groups is 1. The van der Waals surface area contributed by atoms with Gasteiger partial charge in [-0.25, -0.2) is 4.72 Å². The average Bonchev–Trinajstić information content (AvgIpc) is 3.19. The number of thioether (sulfide) groups is 1. The summed E-state index contributed by atoms with van der Waals surface area (Å²) in [6.45, 7) is 4.26. The monoisotopic (exact) mass is 406 g/mol. The fraction of sp³-hybridized carbons (Fsp3) is 0.333. The van der Waals surface area contributed by atoms with Crippen molar-refractivity contribution >= 4 is 33.5 Å². The molecule has 0 bridgehead atoms. The highest BCUT2D eigenvalue weighted by molar-refractivity contribution is 7.98. The van der Waals surface area contributed by atoms with Crippen molar-refractivity contribution in [3.8, 4) is 0 Å². The van der Waals surface area contributed by atoms with Gasteiger partial charge < -0.3 is 10.2 Å². The van der Waals surface area contributed by atoms with Crippen LogP contribution in [0.2, 0.25) is 0 Å². The Kier molecular flexibility index (Phi) is 5.73. The average molecular weight is 407 g/mol. The number of aliphatic imine (C=N–C) groups is 1. The predicted octanol–water partition coefficient (Wildman–Crippen LogP) is 2.44. The van der Waals surface area contributed by atoms with Crippen molar-refractivity contribution in [2.45, 2.75) is 25.1 Å². The quantitative estimate of drug-likeness (QED) is 0.686. The summed E-state index contributed by atoms with van der Waals surface area (Å²) in [4.78, 5) is 4.38. The molecule has 2 heterocycles. The van der Waals surface area contributed by atoms with Crippen molar-refractivity contribution in [1.29, 1.82) is 0 Å². The van der Waals surface area contributed by atoms with Crippen molar-refractivity contribution < 1.29 is 12.8 Å². The lowest BCUT2D eigenvalue weighted by Crippen LogP contribution is -2.27. The summed E-state index contributed by atoms with van der Waals surface area (Å²) in [7, 11) is -3.72. The van der Waals surface area contributed by atoms with Gasteiger partial charge in [0.05, 0.1) is 17.8 Å². The topological polar surface area (TPSA) is 110 Å². The molecular formula is C18H22N4O3S2. The number of nitrogens with one attached hydrogen (secondary N) is 1. The van der Waals surface area contributed by atoms with Gasteiger partial charge in [0.25, 0.3) is 0 Å². The summed E-state index contributed by atoms with van der Waals surface area (Å²) in [6.07, 6.45) is 0. The van der Waals surface area contributed by atoms with Crippen LogP contribution in [0, 0.1) is 0 Å². The minimum Gasteiger partial charge on any atom is -0.463 e. The number of nitrogens with two attached hydrogens (primary N) is 1. The Morgan fingerprint density at radius 1 is 1.22 bits per heavy atom. The first-order valence-corrected chi connectivity index (χ1v) is 11.0.